The largest absolute Gasteiger partial charge is 0.497 e. The molecule has 0 spiro atoms. The summed E-state index contributed by atoms with van der Waals surface area (Å²) in [5, 5.41) is 3.09. The molecule has 2 aromatic carbocycles. The number of carbonyl (C=O) groups excluding carboxylic acids is 1. The van der Waals surface area contributed by atoms with Gasteiger partial charge in [0.15, 0.2) is 11.8 Å². The van der Waals surface area contributed by atoms with Crippen molar-refractivity contribution in [2.45, 2.75) is 6.04 Å². The molecule has 1 amide bonds. The molecule has 3 aromatic rings. The molecule has 6 heteroatoms. The Morgan fingerprint density at radius 1 is 1.07 bits per heavy atom. The molecule has 1 atom stereocenters. The van der Waals surface area contributed by atoms with Crippen molar-refractivity contribution >= 4 is 11.6 Å². The molecule has 1 fully saturated rings. The third-order valence-corrected chi connectivity index (χ3v) is 5.73. The van der Waals surface area contributed by atoms with E-state index in [4.69, 9.17) is 9.15 Å². The minimum absolute atomic E-state index is 0.0834. The molecule has 4 rings (SSSR count). The fourth-order valence-electron chi connectivity index (χ4n) is 4.01. The second-order valence-corrected chi connectivity index (χ2v) is 7.49. The average Bonchev–Trinajstić information content (AvgIpc) is 3.35. The van der Waals surface area contributed by atoms with Crippen LogP contribution in [0.5, 0.6) is 5.75 Å². The number of hydrogen-bond acceptors (Lipinski definition) is 4. The molecule has 0 aliphatic carbocycles. The van der Waals surface area contributed by atoms with E-state index in [1.54, 1.807) is 37.6 Å². The Labute approximate surface area is 177 Å². The van der Waals surface area contributed by atoms with Gasteiger partial charge in [-0.3, -0.25) is 4.79 Å². The quantitative estimate of drug-likeness (QED) is 0.631. The first-order chi connectivity index (χ1) is 14.7. The first-order valence-electron chi connectivity index (χ1n) is 10.3. The molecule has 1 aromatic heterocycles. The zero-order valence-corrected chi connectivity index (χ0v) is 17.2. The topological polar surface area (TPSA) is 59.1 Å². The summed E-state index contributed by atoms with van der Waals surface area (Å²) in [6, 6.07) is 21.7. The molecule has 1 saturated heterocycles. The number of piperazine rings is 1. The summed E-state index contributed by atoms with van der Waals surface area (Å²) in [4.78, 5) is 16.5. The molecule has 1 aliphatic rings. The summed E-state index contributed by atoms with van der Waals surface area (Å²) in [6.07, 6.45) is 1.70. The Morgan fingerprint density at radius 2 is 1.80 bits per heavy atom. The fraction of sp³-hybridized carbons (Fsp3) is 0.292. The van der Waals surface area contributed by atoms with E-state index < -0.39 is 0 Å². The molecular formula is C24H28N3O3+. The number of amides is 1. The van der Waals surface area contributed by atoms with E-state index in [-0.39, 0.29) is 11.9 Å². The van der Waals surface area contributed by atoms with Crippen LogP contribution in [-0.2, 0) is 0 Å². The van der Waals surface area contributed by atoms with Crippen molar-refractivity contribution < 1.29 is 18.8 Å². The van der Waals surface area contributed by atoms with Crippen LogP contribution in [0.1, 0.15) is 22.2 Å². The average molecular weight is 407 g/mol. The van der Waals surface area contributed by atoms with Gasteiger partial charge in [-0.25, -0.2) is 0 Å². The van der Waals surface area contributed by atoms with Crippen molar-refractivity contribution in [3.05, 3.63) is 84.3 Å². The lowest BCUT2D eigenvalue weighted by atomic mass is 10.1. The Kier molecular flexibility index (Phi) is 6.35. The zero-order chi connectivity index (χ0) is 20.8. The molecule has 6 nitrogen and oxygen atoms in total. The van der Waals surface area contributed by atoms with Gasteiger partial charge >= 0.3 is 0 Å². The zero-order valence-electron chi connectivity index (χ0n) is 17.2. The molecule has 0 unspecified atom stereocenters. The highest BCUT2D eigenvalue weighted by Gasteiger charge is 2.31. The number of benzene rings is 2. The summed E-state index contributed by atoms with van der Waals surface area (Å²) < 4.78 is 10.9. The molecule has 0 saturated carbocycles. The lowest BCUT2D eigenvalue weighted by Gasteiger charge is -2.37. The number of carbonyl (C=O) groups is 1. The van der Waals surface area contributed by atoms with Crippen LogP contribution in [0.2, 0.25) is 0 Å². The van der Waals surface area contributed by atoms with Gasteiger partial charge in [-0.2, -0.15) is 0 Å². The van der Waals surface area contributed by atoms with Crippen LogP contribution >= 0.6 is 0 Å². The van der Waals surface area contributed by atoms with Gasteiger partial charge in [-0.05, 0) is 48.5 Å². The third kappa shape index (κ3) is 4.66. The second kappa shape index (κ2) is 9.50. The van der Waals surface area contributed by atoms with E-state index in [9.17, 15) is 4.79 Å². The Hall–Kier alpha value is -3.25. The van der Waals surface area contributed by atoms with Crippen molar-refractivity contribution in [1.82, 2.24) is 5.32 Å². The maximum Gasteiger partial charge on any atom is 0.251 e. The normalized spacial score (nSPS) is 15.6. The van der Waals surface area contributed by atoms with Gasteiger partial charge < -0.3 is 24.3 Å². The molecule has 0 radical (unpaired) electrons. The van der Waals surface area contributed by atoms with Crippen molar-refractivity contribution in [3.8, 4) is 5.75 Å². The van der Waals surface area contributed by atoms with E-state index >= 15 is 0 Å². The lowest BCUT2D eigenvalue weighted by Crippen LogP contribution is -3.15. The number of hydrogen-bond donors (Lipinski definition) is 2. The van der Waals surface area contributed by atoms with Gasteiger partial charge in [0.1, 0.15) is 5.75 Å². The summed E-state index contributed by atoms with van der Waals surface area (Å²) in [6.45, 7) is 4.45. The molecule has 0 bridgehead atoms. The predicted molar refractivity (Wildman–Crippen MR) is 116 cm³/mol. The van der Waals surface area contributed by atoms with Crippen LogP contribution in [0.3, 0.4) is 0 Å². The summed E-state index contributed by atoms with van der Waals surface area (Å²) in [7, 11) is 1.61. The SMILES string of the molecule is COc1ccc(C(=O)NC[C@@H](c2ccco2)[NH+]2CCN(c3ccccc3)CC2)cc1. The fourth-order valence-corrected chi connectivity index (χ4v) is 4.01. The number of furan rings is 1. The van der Waals surface area contributed by atoms with Crippen LogP contribution in [0.25, 0.3) is 0 Å². The highest BCUT2D eigenvalue weighted by Crippen LogP contribution is 2.15. The number of anilines is 1. The molecular weight excluding hydrogens is 378 g/mol. The maximum atomic E-state index is 12.6. The number of para-hydroxylation sites is 1. The smallest absolute Gasteiger partial charge is 0.251 e. The van der Waals surface area contributed by atoms with Gasteiger partial charge in [-0.1, -0.05) is 18.2 Å². The van der Waals surface area contributed by atoms with Gasteiger partial charge in [0.05, 0.1) is 46.1 Å². The second-order valence-electron chi connectivity index (χ2n) is 7.49. The maximum absolute atomic E-state index is 12.6. The van der Waals surface area contributed by atoms with E-state index in [0.29, 0.717) is 12.1 Å². The molecule has 1 aliphatic heterocycles. The molecule has 156 valence electrons. The van der Waals surface area contributed by atoms with Crippen LogP contribution in [-0.4, -0.2) is 45.7 Å². The number of quaternary nitrogens is 1. The molecule has 2 N–H and O–H groups in total. The van der Waals surface area contributed by atoms with Crippen LogP contribution in [0.4, 0.5) is 5.69 Å². The van der Waals surface area contributed by atoms with Crippen LogP contribution < -0.4 is 19.9 Å². The lowest BCUT2D eigenvalue weighted by molar-refractivity contribution is -0.932. The minimum Gasteiger partial charge on any atom is -0.497 e. The molecule has 30 heavy (non-hydrogen) atoms. The van der Waals surface area contributed by atoms with Crippen molar-refractivity contribution in [2.24, 2.45) is 0 Å². The van der Waals surface area contributed by atoms with Gasteiger partial charge in [0.2, 0.25) is 0 Å². The standard InChI is InChI=1S/C24H27N3O3/c1-29-21-11-9-19(10-12-21)24(28)25-18-22(23-8-5-17-30-23)27-15-13-26(14-16-27)20-6-3-2-4-7-20/h2-12,17,22H,13-16,18H2,1H3,(H,25,28)/p+1/t22-/m0/s1. The summed E-state index contributed by atoms with van der Waals surface area (Å²) >= 11 is 0. The van der Waals surface area contributed by atoms with Crippen LogP contribution in [0.15, 0.2) is 77.4 Å². The predicted octanol–water partition coefficient (Wildman–Crippen LogP) is 2.16. The highest BCUT2D eigenvalue weighted by atomic mass is 16.5. The molecule has 2 heterocycles. The number of methoxy groups -OCH3 is 1. The van der Waals surface area contributed by atoms with Gasteiger partial charge in [0, 0.05) is 11.3 Å². The number of rotatable bonds is 7. The monoisotopic (exact) mass is 406 g/mol. The van der Waals surface area contributed by atoms with E-state index in [2.05, 4.69) is 34.5 Å². The van der Waals surface area contributed by atoms with E-state index in [1.807, 2.05) is 18.2 Å². The van der Waals surface area contributed by atoms with Crippen LogP contribution in [0, 0.1) is 0 Å². The minimum atomic E-state index is -0.0865. The Bertz CT molecular complexity index is 918. The Morgan fingerprint density at radius 3 is 2.43 bits per heavy atom. The number of nitrogens with one attached hydrogen (secondary N) is 2. The van der Waals surface area contributed by atoms with Gasteiger partial charge in [-0.15, -0.1) is 0 Å². The highest BCUT2D eigenvalue weighted by molar-refractivity contribution is 5.94. The number of nitrogens with zero attached hydrogens (tertiary/aromatic N) is 1. The van der Waals surface area contributed by atoms with Crippen molar-refractivity contribution in [2.75, 3.05) is 44.7 Å². The van der Waals surface area contributed by atoms with Crippen molar-refractivity contribution in [3.63, 3.8) is 0 Å². The number of ether oxygens (including phenoxy) is 1. The summed E-state index contributed by atoms with van der Waals surface area (Å²) in [5.74, 6) is 1.56. The third-order valence-electron chi connectivity index (χ3n) is 5.73. The van der Waals surface area contributed by atoms with E-state index in [0.717, 1.165) is 37.7 Å². The van der Waals surface area contributed by atoms with Crippen molar-refractivity contribution in [1.29, 1.82) is 0 Å². The Balaban J connectivity index is 1.39. The first-order valence-corrected chi connectivity index (χ1v) is 10.3. The van der Waals surface area contributed by atoms with Gasteiger partial charge in [0.25, 0.3) is 5.91 Å². The summed E-state index contributed by atoms with van der Waals surface area (Å²) in [5.41, 5.74) is 1.89. The first kappa shape index (κ1) is 20.0. The van der Waals surface area contributed by atoms with E-state index in [1.165, 1.54) is 10.6 Å².